The van der Waals surface area contributed by atoms with Crippen LogP contribution in [-0.2, 0) is 11.2 Å². The summed E-state index contributed by atoms with van der Waals surface area (Å²) in [5.41, 5.74) is 3.28. The molecule has 2 N–H and O–H groups in total. The average molecular weight is 259 g/mol. The highest BCUT2D eigenvalue weighted by atomic mass is 16.1. The van der Waals surface area contributed by atoms with Crippen molar-refractivity contribution in [1.29, 1.82) is 0 Å². The second-order valence-corrected chi connectivity index (χ2v) is 5.59. The fourth-order valence-corrected chi connectivity index (χ4v) is 2.97. The molecule has 19 heavy (non-hydrogen) atoms. The molecule has 1 fully saturated rings. The molecule has 0 radical (unpaired) electrons. The van der Waals surface area contributed by atoms with Crippen molar-refractivity contribution < 1.29 is 4.79 Å². The predicted molar refractivity (Wildman–Crippen MR) is 77.7 cm³/mol. The zero-order valence-electron chi connectivity index (χ0n) is 11.4. The van der Waals surface area contributed by atoms with Crippen LogP contribution in [0.25, 0.3) is 0 Å². The predicted octanol–water partition coefficient (Wildman–Crippen LogP) is 1.76. The van der Waals surface area contributed by atoms with E-state index in [4.69, 9.17) is 0 Å². The van der Waals surface area contributed by atoms with Crippen molar-refractivity contribution in [3.63, 3.8) is 0 Å². The highest BCUT2D eigenvalue weighted by Crippen LogP contribution is 2.27. The van der Waals surface area contributed by atoms with E-state index < -0.39 is 0 Å². The summed E-state index contributed by atoms with van der Waals surface area (Å²) in [5.74, 6) is 0.101. The minimum atomic E-state index is 0.101. The summed E-state index contributed by atoms with van der Waals surface area (Å²) >= 11 is 0. The van der Waals surface area contributed by atoms with Crippen LogP contribution in [-0.4, -0.2) is 32.1 Å². The molecule has 4 heteroatoms. The molecule has 1 amide bonds. The van der Waals surface area contributed by atoms with Crippen LogP contribution in [0.1, 0.15) is 24.8 Å². The molecule has 1 aromatic carbocycles. The van der Waals surface area contributed by atoms with E-state index in [0.29, 0.717) is 12.5 Å². The Morgan fingerprint density at radius 1 is 1.37 bits per heavy atom. The molecule has 2 aliphatic rings. The average Bonchev–Trinajstić information content (AvgIpc) is 2.78. The Morgan fingerprint density at radius 2 is 2.26 bits per heavy atom. The van der Waals surface area contributed by atoms with Crippen molar-refractivity contribution in [3.8, 4) is 0 Å². The first-order chi connectivity index (χ1) is 9.22. The fourth-order valence-electron chi connectivity index (χ4n) is 2.97. The number of likely N-dealkylation sites (N-methyl/N-ethyl adjacent to an activating group) is 1. The number of benzene rings is 1. The van der Waals surface area contributed by atoms with Crippen LogP contribution >= 0.6 is 0 Å². The molecule has 2 aliphatic heterocycles. The molecule has 4 nitrogen and oxygen atoms in total. The van der Waals surface area contributed by atoms with Gasteiger partial charge >= 0.3 is 0 Å². The van der Waals surface area contributed by atoms with Gasteiger partial charge in [-0.1, -0.05) is 6.42 Å². The molecule has 0 saturated carbocycles. The monoisotopic (exact) mass is 259 g/mol. The van der Waals surface area contributed by atoms with Gasteiger partial charge in [-0.3, -0.25) is 4.79 Å². The van der Waals surface area contributed by atoms with Crippen LogP contribution in [0.15, 0.2) is 18.2 Å². The summed E-state index contributed by atoms with van der Waals surface area (Å²) in [4.78, 5) is 13.6. The van der Waals surface area contributed by atoms with Crippen LogP contribution in [0.2, 0.25) is 0 Å². The van der Waals surface area contributed by atoms with E-state index in [1.54, 1.807) is 0 Å². The lowest BCUT2D eigenvalue weighted by atomic mass is 10.0. The van der Waals surface area contributed by atoms with Gasteiger partial charge in [0.25, 0.3) is 0 Å². The molecule has 0 aliphatic carbocycles. The quantitative estimate of drug-likeness (QED) is 0.869. The summed E-state index contributed by atoms with van der Waals surface area (Å²) in [6.07, 6.45) is 4.40. The van der Waals surface area contributed by atoms with Gasteiger partial charge in [-0.2, -0.15) is 0 Å². The molecule has 1 saturated heterocycles. The van der Waals surface area contributed by atoms with Gasteiger partial charge in [0.2, 0.25) is 5.91 Å². The van der Waals surface area contributed by atoms with E-state index in [1.165, 1.54) is 24.9 Å². The number of piperidine rings is 1. The van der Waals surface area contributed by atoms with Gasteiger partial charge in [-0.15, -0.1) is 0 Å². The van der Waals surface area contributed by atoms with Crippen LogP contribution in [0, 0.1) is 0 Å². The van der Waals surface area contributed by atoms with Crippen LogP contribution in [0.4, 0.5) is 11.4 Å². The standard InChI is InChI=1S/C15H21N3O/c1-18(10-12-4-2-3-7-16-12)13-5-6-14-11(8-13)9-15(19)17-14/h5-6,8,12,16H,2-4,7,9-10H2,1H3,(H,17,19). The Bertz CT molecular complexity index is 480. The Hall–Kier alpha value is -1.55. The van der Waals surface area contributed by atoms with Crippen molar-refractivity contribution in [3.05, 3.63) is 23.8 Å². The van der Waals surface area contributed by atoms with Gasteiger partial charge in [-0.05, 0) is 43.1 Å². The number of hydrogen-bond donors (Lipinski definition) is 2. The molecule has 3 rings (SSSR count). The number of carbonyl (C=O) groups excluding carboxylic acids is 1. The van der Waals surface area contributed by atoms with Gasteiger partial charge in [0, 0.05) is 31.0 Å². The molecule has 0 aromatic heterocycles. The lowest BCUT2D eigenvalue weighted by molar-refractivity contribution is -0.115. The number of carbonyl (C=O) groups is 1. The second-order valence-electron chi connectivity index (χ2n) is 5.59. The lowest BCUT2D eigenvalue weighted by Crippen LogP contribution is -2.42. The highest BCUT2D eigenvalue weighted by Gasteiger charge is 2.19. The van der Waals surface area contributed by atoms with Gasteiger partial charge in [0.05, 0.1) is 6.42 Å². The van der Waals surface area contributed by atoms with Gasteiger partial charge in [0.15, 0.2) is 0 Å². The third kappa shape index (κ3) is 2.73. The van der Waals surface area contributed by atoms with Gasteiger partial charge in [0.1, 0.15) is 0 Å². The van der Waals surface area contributed by atoms with E-state index in [9.17, 15) is 4.79 Å². The SMILES string of the molecule is CN(CC1CCCCN1)c1ccc2c(c1)CC(=O)N2. The topological polar surface area (TPSA) is 44.4 Å². The summed E-state index contributed by atoms with van der Waals surface area (Å²) in [6.45, 7) is 2.17. The van der Waals surface area contributed by atoms with Crippen molar-refractivity contribution in [1.82, 2.24) is 5.32 Å². The first-order valence-corrected chi connectivity index (χ1v) is 7.10. The van der Waals surface area contributed by atoms with E-state index in [0.717, 1.165) is 24.3 Å². The number of fused-ring (bicyclic) bond motifs is 1. The summed E-state index contributed by atoms with van der Waals surface area (Å²) < 4.78 is 0. The number of rotatable bonds is 3. The second kappa shape index (κ2) is 5.21. The van der Waals surface area contributed by atoms with E-state index in [2.05, 4.69) is 34.7 Å². The minimum absolute atomic E-state index is 0.101. The van der Waals surface area contributed by atoms with Crippen molar-refractivity contribution >= 4 is 17.3 Å². The fraction of sp³-hybridized carbons (Fsp3) is 0.533. The normalized spacial score (nSPS) is 21.9. The number of hydrogen-bond acceptors (Lipinski definition) is 3. The molecule has 1 atom stereocenters. The first kappa shape index (κ1) is 12.5. The van der Waals surface area contributed by atoms with E-state index in [1.807, 2.05) is 6.07 Å². The molecule has 2 heterocycles. The molecule has 0 bridgehead atoms. The molecule has 1 aromatic rings. The number of anilines is 2. The Balaban J connectivity index is 1.68. The summed E-state index contributed by atoms with van der Waals surface area (Å²) in [7, 11) is 2.13. The van der Waals surface area contributed by atoms with Crippen molar-refractivity contribution in [2.45, 2.75) is 31.7 Å². The Morgan fingerprint density at radius 3 is 3.05 bits per heavy atom. The Kier molecular flexibility index (Phi) is 3.42. The number of amides is 1. The maximum Gasteiger partial charge on any atom is 0.228 e. The highest BCUT2D eigenvalue weighted by molar-refractivity contribution is 5.99. The van der Waals surface area contributed by atoms with Gasteiger partial charge in [-0.25, -0.2) is 0 Å². The molecular weight excluding hydrogens is 238 g/mol. The molecule has 1 unspecified atom stereocenters. The third-order valence-corrected chi connectivity index (χ3v) is 4.06. The molecular formula is C15H21N3O. The van der Waals surface area contributed by atoms with Crippen molar-refractivity contribution in [2.24, 2.45) is 0 Å². The minimum Gasteiger partial charge on any atom is -0.373 e. The maximum absolute atomic E-state index is 11.4. The molecule has 102 valence electrons. The van der Waals surface area contributed by atoms with Crippen LogP contribution in [0.3, 0.4) is 0 Å². The van der Waals surface area contributed by atoms with Crippen LogP contribution < -0.4 is 15.5 Å². The summed E-state index contributed by atoms with van der Waals surface area (Å²) in [5, 5.41) is 6.45. The van der Waals surface area contributed by atoms with Gasteiger partial charge < -0.3 is 15.5 Å². The number of nitrogens with one attached hydrogen (secondary N) is 2. The van der Waals surface area contributed by atoms with E-state index in [-0.39, 0.29) is 5.91 Å². The maximum atomic E-state index is 11.4. The Labute approximate surface area is 114 Å². The lowest BCUT2D eigenvalue weighted by Gasteiger charge is -2.29. The zero-order valence-corrected chi connectivity index (χ0v) is 11.4. The first-order valence-electron chi connectivity index (χ1n) is 7.10. The zero-order chi connectivity index (χ0) is 13.2. The largest absolute Gasteiger partial charge is 0.373 e. The molecule has 0 spiro atoms. The smallest absolute Gasteiger partial charge is 0.228 e. The number of nitrogens with zero attached hydrogens (tertiary/aromatic N) is 1. The van der Waals surface area contributed by atoms with E-state index >= 15 is 0 Å². The summed E-state index contributed by atoms with van der Waals surface area (Å²) in [6, 6.07) is 6.83. The van der Waals surface area contributed by atoms with Crippen LogP contribution in [0.5, 0.6) is 0 Å². The van der Waals surface area contributed by atoms with Crippen molar-refractivity contribution in [2.75, 3.05) is 30.4 Å². The third-order valence-electron chi connectivity index (χ3n) is 4.06.